The summed E-state index contributed by atoms with van der Waals surface area (Å²) in [4.78, 5) is 0. The number of sulfonamides is 1. The first kappa shape index (κ1) is 14.0. The lowest BCUT2D eigenvalue weighted by molar-refractivity contribution is 0.278. The molecule has 0 amide bonds. The monoisotopic (exact) mass is 247 g/mol. The first-order chi connectivity index (χ1) is 7.42. The summed E-state index contributed by atoms with van der Waals surface area (Å²) in [6.45, 7) is 6.34. The van der Waals surface area contributed by atoms with E-state index in [9.17, 15) is 8.42 Å². The van der Waals surface area contributed by atoms with Crippen molar-refractivity contribution < 1.29 is 8.42 Å². The van der Waals surface area contributed by atoms with Gasteiger partial charge in [-0.25, -0.2) is 13.1 Å². The van der Waals surface area contributed by atoms with Crippen molar-refractivity contribution in [3.8, 4) is 0 Å². The van der Waals surface area contributed by atoms with Crippen LogP contribution in [0.1, 0.15) is 52.9 Å². The van der Waals surface area contributed by atoms with Crippen molar-refractivity contribution in [2.75, 3.05) is 6.54 Å². The van der Waals surface area contributed by atoms with Crippen molar-refractivity contribution in [1.82, 2.24) is 4.72 Å². The predicted octanol–water partition coefficient (Wildman–Crippen LogP) is 2.53. The maximum Gasteiger partial charge on any atom is 0.213 e. The molecule has 1 saturated carbocycles. The molecule has 1 fully saturated rings. The van der Waals surface area contributed by atoms with Crippen LogP contribution in [0.5, 0.6) is 0 Å². The van der Waals surface area contributed by atoms with Gasteiger partial charge in [-0.15, -0.1) is 0 Å². The average Bonchev–Trinajstić information content (AvgIpc) is 2.20. The second-order valence-corrected chi connectivity index (χ2v) is 7.72. The van der Waals surface area contributed by atoms with Gasteiger partial charge in [0, 0.05) is 6.54 Å². The zero-order valence-corrected chi connectivity index (χ0v) is 11.5. The molecule has 1 N–H and O–H groups in total. The summed E-state index contributed by atoms with van der Waals surface area (Å²) in [6.07, 6.45) is 6.15. The molecular formula is C12H25NO2S. The van der Waals surface area contributed by atoms with Gasteiger partial charge in [0.25, 0.3) is 0 Å². The summed E-state index contributed by atoms with van der Waals surface area (Å²) in [5.74, 6) is 1.59. The highest BCUT2D eigenvalue weighted by Gasteiger charge is 2.19. The molecule has 0 aromatic heterocycles. The van der Waals surface area contributed by atoms with Gasteiger partial charge in [-0.1, -0.05) is 32.6 Å². The standard InChI is InChI=1S/C12H25NO2S/c1-10(2)16(14,15)13-9-8-12-6-4-11(3)5-7-12/h10-13H,4-9H2,1-3H3. The first-order valence-corrected chi connectivity index (χ1v) is 7.95. The summed E-state index contributed by atoms with van der Waals surface area (Å²) >= 11 is 0. The maximum atomic E-state index is 11.5. The molecule has 16 heavy (non-hydrogen) atoms. The van der Waals surface area contributed by atoms with Gasteiger partial charge in [0.05, 0.1) is 5.25 Å². The minimum absolute atomic E-state index is 0.320. The van der Waals surface area contributed by atoms with Crippen LogP contribution in [0.2, 0.25) is 0 Å². The van der Waals surface area contributed by atoms with Gasteiger partial charge in [-0.3, -0.25) is 0 Å². The molecular weight excluding hydrogens is 222 g/mol. The molecule has 3 nitrogen and oxygen atoms in total. The third-order valence-electron chi connectivity index (χ3n) is 3.61. The Labute approximate surface area is 100 Å². The number of hydrogen-bond donors (Lipinski definition) is 1. The molecule has 4 heteroatoms. The fourth-order valence-electron chi connectivity index (χ4n) is 2.19. The Hall–Kier alpha value is -0.0900. The Morgan fingerprint density at radius 3 is 2.25 bits per heavy atom. The molecule has 0 heterocycles. The first-order valence-electron chi connectivity index (χ1n) is 6.40. The van der Waals surface area contributed by atoms with Gasteiger partial charge in [0.15, 0.2) is 0 Å². The lowest BCUT2D eigenvalue weighted by atomic mass is 9.81. The van der Waals surface area contributed by atoms with Crippen LogP contribution in [0, 0.1) is 11.8 Å². The van der Waals surface area contributed by atoms with E-state index in [2.05, 4.69) is 11.6 Å². The second-order valence-electron chi connectivity index (χ2n) is 5.40. The zero-order valence-electron chi connectivity index (χ0n) is 10.7. The Morgan fingerprint density at radius 1 is 1.19 bits per heavy atom. The fraction of sp³-hybridized carbons (Fsp3) is 1.00. The van der Waals surface area contributed by atoms with E-state index in [4.69, 9.17) is 0 Å². The van der Waals surface area contributed by atoms with Crippen molar-refractivity contribution in [2.24, 2.45) is 11.8 Å². The van der Waals surface area contributed by atoms with E-state index in [-0.39, 0.29) is 5.25 Å². The molecule has 0 aromatic rings. The Balaban J connectivity index is 2.21. The molecule has 1 aliphatic carbocycles. The minimum Gasteiger partial charge on any atom is -0.215 e. The topological polar surface area (TPSA) is 46.2 Å². The van der Waals surface area contributed by atoms with Gasteiger partial charge >= 0.3 is 0 Å². The van der Waals surface area contributed by atoms with Crippen LogP contribution in [-0.4, -0.2) is 20.2 Å². The molecule has 0 aliphatic heterocycles. The van der Waals surface area contributed by atoms with E-state index in [1.165, 1.54) is 25.7 Å². The van der Waals surface area contributed by atoms with E-state index in [1.54, 1.807) is 13.8 Å². The van der Waals surface area contributed by atoms with Crippen LogP contribution < -0.4 is 4.72 Å². The van der Waals surface area contributed by atoms with E-state index in [0.717, 1.165) is 18.3 Å². The largest absolute Gasteiger partial charge is 0.215 e. The fourth-order valence-corrected chi connectivity index (χ4v) is 2.93. The van der Waals surface area contributed by atoms with Crippen LogP contribution in [0.3, 0.4) is 0 Å². The quantitative estimate of drug-likeness (QED) is 0.811. The Morgan fingerprint density at radius 2 is 1.75 bits per heavy atom. The summed E-state index contributed by atoms with van der Waals surface area (Å²) in [5, 5.41) is -0.320. The van der Waals surface area contributed by atoms with Crippen LogP contribution in [-0.2, 0) is 10.0 Å². The van der Waals surface area contributed by atoms with Crippen LogP contribution >= 0.6 is 0 Å². The summed E-state index contributed by atoms with van der Waals surface area (Å²) in [7, 11) is -3.06. The number of hydrogen-bond acceptors (Lipinski definition) is 2. The number of rotatable bonds is 5. The van der Waals surface area contributed by atoms with E-state index in [0.29, 0.717) is 6.54 Å². The normalized spacial score (nSPS) is 27.2. The van der Waals surface area contributed by atoms with E-state index >= 15 is 0 Å². The average molecular weight is 247 g/mol. The van der Waals surface area contributed by atoms with Crippen molar-refractivity contribution in [3.05, 3.63) is 0 Å². The smallest absolute Gasteiger partial charge is 0.213 e. The Kier molecular flexibility index (Phi) is 5.25. The molecule has 0 radical (unpaired) electrons. The zero-order chi connectivity index (χ0) is 12.2. The molecule has 1 rings (SSSR count). The second kappa shape index (κ2) is 6.01. The Bertz CT molecular complexity index is 290. The van der Waals surface area contributed by atoms with Gasteiger partial charge in [-0.05, 0) is 32.1 Å². The molecule has 96 valence electrons. The lowest BCUT2D eigenvalue weighted by Crippen LogP contribution is -2.32. The van der Waals surface area contributed by atoms with Gasteiger partial charge in [0.2, 0.25) is 10.0 Å². The highest BCUT2D eigenvalue weighted by molar-refractivity contribution is 7.90. The molecule has 0 spiro atoms. The van der Waals surface area contributed by atoms with Crippen molar-refractivity contribution in [2.45, 2.75) is 58.1 Å². The van der Waals surface area contributed by atoms with Gasteiger partial charge < -0.3 is 0 Å². The highest BCUT2D eigenvalue weighted by Crippen LogP contribution is 2.29. The van der Waals surface area contributed by atoms with E-state index < -0.39 is 10.0 Å². The molecule has 0 bridgehead atoms. The lowest BCUT2D eigenvalue weighted by Gasteiger charge is -2.26. The maximum absolute atomic E-state index is 11.5. The van der Waals surface area contributed by atoms with Gasteiger partial charge in [-0.2, -0.15) is 0 Å². The van der Waals surface area contributed by atoms with Gasteiger partial charge in [0.1, 0.15) is 0 Å². The van der Waals surface area contributed by atoms with E-state index in [1.807, 2.05) is 0 Å². The van der Waals surface area contributed by atoms with Crippen molar-refractivity contribution in [3.63, 3.8) is 0 Å². The SMILES string of the molecule is CC1CCC(CCNS(=O)(=O)C(C)C)CC1. The third-order valence-corrected chi connectivity index (χ3v) is 5.46. The highest BCUT2D eigenvalue weighted by atomic mass is 32.2. The van der Waals surface area contributed by atoms with Crippen molar-refractivity contribution in [1.29, 1.82) is 0 Å². The molecule has 0 saturated heterocycles. The van der Waals surface area contributed by atoms with Crippen LogP contribution in [0.15, 0.2) is 0 Å². The summed E-state index contributed by atoms with van der Waals surface area (Å²) in [5.41, 5.74) is 0. The van der Waals surface area contributed by atoms with Crippen LogP contribution in [0.25, 0.3) is 0 Å². The summed E-state index contributed by atoms with van der Waals surface area (Å²) < 4.78 is 25.7. The minimum atomic E-state index is -3.06. The van der Waals surface area contributed by atoms with Crippen molar-refractivity contribution >= 4 is 10.0 Å². The molecule has 1 aliphatic rings. The molecule has 0 atom stereocenters. The predicted molar refractivity (Wildman–Crippen MR) is 67.8 cm³/mol. The number of nitrogens with one attached hydrogen (secondary N) is 1. The third kappa shape index (κ3) is 4.42. The molecule has 0 unspecified atom stereocenters. The van der Waals surface area contributed by atoms with Crippen LogP contribution in [0.4, 0.5) is 0 Å². The summed E-state index contributed by atoms with van der Waals surface area (Å²) in [6, 6.07) is 0. The molecule has 0 aromatic carbocycles.